The first-order valence-corrected chi connectivity index (χ1v) is 10.2. The van der Waals surface area contributed by atoms with Crippen LogP contribution in [0.3, 0.4) is 0 Å². The predicted octanol–water partition coefficient (Wildman–Crippen LogP) is 3.86. The largest absolute Gasteiger partial charge is 0.497 e. The average molecular weight is 412 g/mol. The molecule has 3 rings (SSSR count). The molecule has 0 unspecified atom stereocenters. The summed E-state index contributed by atoms with van der Waals surface area (Å²) in [6.45, 7) is 3.29. The van der Waals surface area contributed by atoms with Crippen molar-refractivity contribution in [2.24, 2.45) is 5.92 Å². The van der Waals surface area contributed by atoms with Crippen LogP contribution in [0.2, 0.25) is 0 Å². The Balaban J connectivity index is 1.94. The number of piperidine rings is 1. The highest BCUT2D eigenvalue weighted by Crippen LogP contribution is 2.39. The number of likely N-dealkylation sites (tertiary alicyclic amines) is 1. The zero-order valence-corrected chi connectivity index (χ0v) is 17.4. The monoisotopic (exact) mass is 412 g/mol. The number of ether oxygens (including phenoxy) is 2. The van der Waals surface area contributed by atoms with Gasteiger partial charge in [-0.1, -0.05) is 42.5 Å². The van der Waals surface area contributed by atoms with Gasteiger partial charge < -0.3 is 9.47 Å². The molecule has 0 aromatic heterocycles. The maximum atomic E-state index is 12.2. The number of carbonyl (C=O) groups excluding carboxylic acids is 1. The van der Waals surface area contributed by atoms with E-state index < -0.39 is 12.1 Å². The van der Waals surface area contributed by atoms with Gasteiger partial charge in [0.25, 0.3) is 0 Å². The second kappa shape index (κ2) is 10.2. The Hall–Kier alpha value is -2.93. The Morgan fingerprint density at radius 3 is 2.47 bits per heavy atom. The van der Waals surface area contributed by atoms with E-state index in [2.05, 4.69) is 4.90 Å². The van der Waals surface area contributed by atoms with Crippen LogP contribution in [-0.2, 0) is 16.1 Å². The molecular weight excluding hydrogens is 384 g/mol. The zero-order chi connectivity index (χ0) is 21.5. The van der Waals surface area contributed by atoms with E-state index in [1.807, 2.05) is 54.6 Å². The number of rotatable bonds is 8. The first-order valence-electron chi connectivity index (χ1n) is 10.2. The molecule has 0 amide bonds. The van der Waals surface area contributed by atoms with Crippen LogP contribution in [0.25, 0.3) is 0 Å². The fraction of sp³-hybridized carbons (Fsp3) is 0.435. The Morgan fingerprint density at radius 1 is 1.17 bits per heavy atom. The van der Waals surface area contributed by atoms with E-state index >= 15 is 0 Å². The Bertz CT molecular complexity index is 840. The van der Waals surface area contributed by atoms with Crippen LogP contribution in [0.4, 0.5) is 0 Å². The van der Waals surface area contributed by atoms with E-state index in [9.17, 15) is 14.9 Å². The summed E-state index contributed by atoms with van der Waals surface area (Å²) in [5.74, 6) is -0.0533. The maximum Gasteiger partial charge on any atom is 0.306 e. The van der Waals surface area contributed by atoms with Crippen molar-refractivity contribution >= 4 is 5.97 Å². The van der Waals surface area contributed by atoms with Gasteiger partial charge in [-0.3, -0.25) is 19.8 Å². The van der Waals surface area contributed by atoms with Gasteiger partial charge in [-0.05, 0) is 43.1 Å². The maximum absolute atomic E-state index is 12.2. The molecule has 1 aliphatic rings. The van der Waals surface area contributed by atoms with Crippen molar-refractivity contribution in [2.45, 2.75) is 38.4 Å². The van der Waals surface area contributed by atoms with Gasteiger partial charge in [-0.2, -0.15) is 0 Å². The summed E-state index contributed by atoms with van der Waals surface area (Å²) in [6, 6.07) is 16.0. The van der Waals surface area contributed by atoms with Crippen molar-refractivity contribution in [3.8, 4) is 5.75 Å². The fourth-order valence-corrected chi connectivity index (χ4v) is 4.26. The van der Waals surface area contributed by atoms with Gasteiger partial charge in [0, 0.05) is 17.4 Å². The number of nitrogens with zero attached hydrogens (tertiary/aromatic N) is 2. The fourth-order valence-electron chi connectivity index (χ4n) is 4.26. The lowest BCUT2D eigenvalue weighted by atomic mass is 9.80. The number of methoxy groups -OCH3 is 1. The average Bonchev–Trinajstić information content (AvgIpc) is 2.75. The third-order valence-corrected chi connectivity index (χ3v) is 5.65. The lowest BCUT2D eigenvalue weighted by molar-refractivity contribution is -0.545. The number of carbonyl (C=O) groups is 1. The molecule has 2 aromatic carbocycles. The van der Waals surface area contributed by atoms with E-state index in [-0.39, 0.29) is 29.8 Å². The third kappa shape index (κ3) is 5.16. The van der Waals surface area contributed by atoms with Crippen LogP contribution < -0.4 is 4.74 Å². The molecule has 2 aromatic rings. The van der Waals surface area contributed by atoms with E-state index in [0.29, 0.717) is 25.3 Å². The first kappa shape index (κ1) is 21.8. The van der Waals surface area contributed by atoms with Crippen molar-refractivity contribution in [1.29, 1.82) is 0 Å². The molecule has 30 heavy (non-hydrogen) atoms. The number of hydrogen-bond donors (Lipinski definition) is 0. The molecule has 0 saturated carbocycles. The summed E-state index contributed by atoms with van der Waals surface area (Å²) in [4.78, 5) is 26.2. The summed E-state index contributed by atoms with van der Waals surface area (Å²) < 4.78 is 10.3. The highest BCUT2D eigenvalue weighted by atomic mass is 16.6. The van der Waals surface area contributed by atoms with Gasteiger partial charge in [0.15, 0.2) is 0 Å². The molecule has 1 fully saturated rings. The molecule has 7 nitrogen and oxygen atoms in total. The van der Waals surface area contributed by atoms with Crippen molar-refractivity contribution < 1.29 is 19.2 Å². The van der Waals surface area contributed by atoms with E-state index in [0.717, 1.165) is 11.1 Å². The molecule has 1 heterocycles. The molecular formula is C23H28N2O5. The number of esters is 1. The predicted molar refractivity (Wildman–Crippen MR) is 113 cm³/mol. The smallest absolute Gasteiger partial charge is 0.306 e. The van der Waals surface area contributed by atoms with Gasteiger partial charge in [0.1, 0.15) is 11.8 Å². The minimum absolute atomic E-state index is 0.0608. The Labute approximate surface area is 176 Å². The van der Waals surface area contributed by atoms with Crippen LogP contribution >= 0.6 is 0 Å². The number of nitro groups is 1. The van der Waals surface area contributed by atoms with Crippen molar-refractivity contribution in [1.82, 2.24) is 4.90 Å². The number of benzene rings is 2. The standard InChI is InChI=1S/C23H28N2O5/c1-3-30-21(26)15-19-13-14-24(16-17-7-5-4-6-8-17)22(23(19)25(27)28)18-9-11-20(29-2)12-10-18/h4-12,19,22-23H,3,13-16H2,1-2H3/t19-,22+,23-/m1/s1. The lowest BCUT2D eigenvalue weighted by Gasteiger charge is -2.41. The van der Waals surface area contributed by atoms with Crippen LogP contribution in [0.5, 0.6) is 5.75 Å². The molecule has 0 radical (unpaired) electrons. The highest BCUT2D eigenvalue weighted by molar-refractivity contribution is 5.69. The van der Waals surface area contributed by atoms with E-state index in [1.165, 1.54) is 0 Å². The molecule has 0 N–H and O–H groups in total. The summed E-state index contributed by atoms with van der Waals surface area (Å²) in [7, 11) is 1.59. The Morgan fingerprint density at radius 2 is 1.87 bits per heavy atom. The lowest BCUT2D eigenvalue weighted by Crippen LogP contribution is -2.50. The molecule has 0 bridgehead atoms. The summed E-state index contributed by atoms with van der Waals surface area (Å²) in [6.07, 6.45) is 0.634. The normalized spacial score (nSPS) is 21.7. The van der Waals surface area contributed by atoms with Gasteiger partial charge in [0.2, 0.25) is 6.04 Å². The topological polar surface area (TPSA) is 81.9 Å². The molecule has 160 valence electrons. The summed E-state index contributed by atoms with van der Waals surface area (Å²) in [5.41, 5.74) is 1.95. The van der Waals surface area contributed by atoms with E-state index in [1.54, 1.807) is 14.0 Å². The zero-order valence-electron chi connectivity index (χ0n) is 17.4. The second-order valence-electron chi connectivity index (χ2n) is 7.51. The van der Waals surface area contributed by atoms with E-state index in [4.69, 9.17) is 9.47 Å². The third-order valence-electron chi connectivity index (χ3n) is 5.65. The van der Waals surface area contributed by atoms with Crippen LogP contribution in [0.15, 0.2) is 54.6 Å². The second-order valence-corrected chi connectivity index (χ2v) is 7.51. The van der Waals surface area contributed by atoms with Crippen molar-refractivity contribution in [3.63, 3.8) is 0 Å². The highest BCUT2D eigenvalue weighted by Gasteiger charge is 2.47. The van der Waals surface area contributed by atoms with Crippen molar-refractivity contribution in [2.75, 3.05) is 20.3 Å². The minimum Gasteiger partial charge on any atom is -0.497 e. The summed E-state index contributed by atoms with van der Waals surface area (Å²) in [5, 5.41) is 12.2. The summed E-state index contributed by atoms with van der Waals surface area (Å²) >= 11 is 0. The molecule has 7 heteroatoms. The molecule has 0 spiro atoms. The van der Waals surface area contributed by atoms with Crippen molar-refractivity contribution in [3.05, 3.63) is 75.8 Å². The Kier molecular flexibility index (Phi) is 7.41. The molecule has 0 aliphatic carbocycles. The van der Waals surface area contributed by atoms with Crippen LogP contribution in [-0.4, -0.2) is 42.1 Å². The van der Waals surface area contributed by atoms with Crippen LogP contribution in [0, 0.1) is 16.0 Å². The number of hydrogen-bond acceptors (Lipinski definition) is 6. The molecule has 3 atom stereocenters. The molecule has 1 aliphatic heterocycles. The van der Waals surface area contributed by atoms with Gasteiger partial charge in [-0.25, -0.2) is 0 Å². The van der Waals surface area contributed by atoms with Gasteiger partial charge >= 0.3 is 5.97 Å². The molecule has 1 saturated heterocycles. The van der Waals surface area contributed by atoms with Crippen LogP contribution in [0.1, 0.15) is 36.9 Å². The van der Waals surface area contributed by atoms with Gasteiger partial charge in [-0.15, -0.1) is 0 Å². The first-order chi connectivity index (χ1) is 14.5. The minimum atomic E-state index is -0.903. The van der Waals surface area contributed by atoms with Gasteiger partial charge in [0.05, 0.1) is 20.1 Å². The quantitative estimate of drug-likeness (QED) is 0.372. The SMILES string of the molecule is CCOC(=O)C[C@H]1CCN(Cc2ccccc2)[C@@H](c2ccc(OC)cc2)[C@@H]1[N+](=O)[O-].